The molecule has 0 atom stereocenters. The third-order valence-corrected chi connectivity index (χ3v) is 3.63. The van der Waals surface area contributed by atoms with Gasteiger partial charge in [-0.2, -0.15) is 0 Å². The van der Waals surface area contributed by atoms with E-state index < -0.39 is 5.97 Å². The van der Waals surface area contributed by atoms with E-state index in [-0.39, 0.29) is 12.3 Å². The molecule has 0 spiro atoms. The minimum Gasteiger partial charge on any atom is -0.462 e. The second-order valence-electron chi connectivity index (χ2n) is 5.40. The van der Waals surface area contributed by atoms with Crippen molar-refractivity contribution >= 4 is 28.6 Å². The maximum absolute atomic E-state index is 12.2. The molecule has 128 valence electrons. The van der Waals surface area contributed by atoms with Crippen LogP contribution in [0.15, 0.2) is 48.5 Å². The highest BCUT2D eigenvalue weighted by atomic mass is 16.5. The van der Waals surface area contributed by atoms with Crippen LogP contribution in [0.3, 0.4) is 0 Å². The number of para-hydroxylation sites is 1. The summed E-state index contributed by atoms with van der Waals surface area (Å²) in [5.74, 6) is -0.576. The van der Waals surface area contributed by atoms with Crippen molar-refractivity contribution in [1.82, 2.24) is 15.0 Å². The number of aryl methyl sites for hydroxylation is 1. The van der Waals surface area contributed by atoms with Gasteiger partial charge in [0.15, 0.2) is 0 Å². The fourth-order valence-corrected chi connectivity index (χ4v) is 2.45. The van der Waals surface area contributed by atoms with E-state index >= 15 is 0 Å². The smallest absolute Gasteiger partial charge is 0.338 e. The molecule has 7 heteroatoms. The Kier molecular flexibility index (Phi) is 5.03. The fraction of sp³-hybridized carbons (Fsp3) is 0.222. The molecule has 0 saturated carbocycles. The first-order valence-electron chi connectivity index (χ1n) is 8.02. The van der Waals surface area contributed by atoms with Gasteiger partial charge in [0.25, 0.3) is 0 Å². The monoisotopic (exact) mass is 338 g/mol. The number of anilines is 1. The Morgan fingerprint density at radius 2 is 2.00 bits per heavy atom. The predicted octanol–water partition coefficient (Wildman–Crippen LogP) is 2.64. The first-order valence-corrected chi connectivity index (χ1v) is 8.02. The summed E-state index contributed by atoms with van der Waals surface area (Å²) in [5.41, 5.74) is 2.64. The Balaban J connectivity index is 1.61. The molecule has 0 unspecified atom stereocenters. The van der Waals surface area contributed by atoms with Crippen molar-refractivity contribution in [3.8, 4) is 0 Å². The molecule has 2 aromatic carbocycles. The number of rotatable bonds is 6. The van der Waals surface area contributed by atoms with Crippen LogP contribution in [0.25, 0.3) is 11.0 Å². The molecule has 0 aliphatic heterocycles. The first kappa shape index (κ1) is 16.6. The number of aromatic nitrogens is 3. The van der Waals surface area contributed by atoms with Crippen molar-refractivity contribution in [3.63, 3.8) is 0 Å². The lowest BCUT2D eigenvalue weighted by Crippen LogP contribution is -2.15. The van der Waals surface area contributed by atoms with Crippen LogP contribution in [0.5, 0.6) is 0 Å². The van der Waals surface area contributed by atoms with Crippen molar-refractivity contribution in [2.24, 2.45) is 0 Å². The van der Waals surface area contributed by atoms with Crippen LogP contribution < -0.4 is 5.32 Å². The number of nitrogens with one attached hydrogen (secondary N) is 1. The van der Waals surface area contributed by atoms with Crippen molar-refractivity contribution in [1.29, 1.82) is 0 Å². The summed E-state index contributed by atoms with van der Waals surface area (Å²) in [6.07, 6.45) is 0.247. The van der Waals surface area contributed by atoms with Gasteiger partial charge >= 0.3 is 5.97 Å². The molecule has 0 bridgehead atoms. The van der Waals surface area contributed by atoms with Gasteiger partial charge in [-0.25, -0.2) is 9.48 Å². The van der Waals surface area contributed by atoms with E-state index in [1.807, 2.05) is 24.3 Å². The van der Waals surface area contributed by atoms with E-state index in [9.17, 15) is 9.59 Å². The summed E-state index contributed by atoms with van der Waals surface area (Å²) >= 11 is 0. The summed E-state index contributed by atoms with van der Waals surface area (Å²) in [7, 11) is 0. The molecule has 0 saturated heterocycles. The van der Waals surface area contributed by atoms with Crippen LogP contribution in [-0.4, -0.2) is 33.5 Å². The molecule has 0 radical (unpaired) electrons. The van der Waals surface area contributed by atoms with E-state index in [1.54, 1.807) is 35.9 Å². The molecule has 0 fully saturated rings. The summed E-state index contributed by atoms with van der Waals surface area (Å²) in [6, 6.07) is 14.3. The Morgan fingerprint density at radius 3 is 2.84 bits per heavy atom. The van der Waals surface area contributed by atoms with Crippen LogP contribution in [0.2, 0.25) is 0 Å². The first-order chi connectivity index (χ1) is 12.2. The van der Waals surface area contributed by atoms with Gasteiger partial charge in [-0.05, 0) is 37.3 Å². The van der Waals surface area contributed by atoms with Crippen LogP contribution in [0, 0.1) is 0 Å². The topological polar surface area (TPSA) is 86.1 Å². The zero-order valence-corrected chi connectivity index (χ0v) is 13.8. The molecule has 3 aromatic rings. The number of ether oxygens (including phenoxy) is 1. The van der Waals surface area contributed by atoms with E-state index in [4.69, 9.17) is 4.74 Å². The summed E-state index contributed by atoms with van der Waals surface area (Å²) in [6.45, 7) is 2.47. The van der Waals surface area contributed by atoms with Gasteiger partial charge in [0.1, 0.15) is 5.52 Å². The molecule has 25 heavy (non-hydrogen) atoms. The fourth-order valence-electron chi connectivity index (χ4n) is 2.45. The summed E-state index contributed by atoms with van der Waals surface area (Å²) in [4.78, 5) is 23.9. The number of hydrogen-bond acceptors (Lipinski definition) is 5. The molecule has 1 aromatic heterocycles. The highest BCUT2D eigenvalue weighted by molar-refractivity contribution is 5.94. The number of benzene rings is 2. The molecule has 1 amide bonds. The summed E-state index contributed by atoms with van der Waals surface area (Å²) < 4.78 is 6.65. The van der Waals surface area contributed by atoms with Crippen molar-refractivity contribution < 1.29 is 14.3 Å². The molecule has 1 heterocycles. The van der Waals surface area contributed by atoms with E-state index in [1.165, 1.54) is 0 Å². The third kappa shape index (κ3) is 4.00. The molecule has 0 aliphatic rings. The Bertz CT molecular complexity index is 904. The minimum atomic E-state index is -0.410. The second kappa shape index (κ2) is 7.57. The maximum atomic E-state index is 12.2. The number of carbonyl (C=O) groups is 2. The Labute approximate surface area is 144 Å². The molecule has 7 nitrogen and oxygen atoms in total. The molecule has 3 rings (SSSR count). The number of fused-ring (bicyclic) bond motifs is 1. The minimum absolute atomic E-state index is 0.166. The largest absolute Gasteiger partial charge is 0.462 e. The number of amides is 1. The third-order valence-electron chi connectivity index (χ3n) is 3.63. The van der Waals surface area contributed by atoms with E-state index in [0.717, 1.165) is 11.0 Å². The SMILES string of the molecule is CCOC(=O)c1cccc(NC(=O)CCn2nnc3ccccc32)c1. The lowest BCUT2D eigenvalue weighted by molar-refractivity contribution is -0.116. The van der Waals surface area contributed by atoms with Gasteiger partial charge in [0, 0.05) is 12.1 Å². The van der Waals surface area contributed by atoms with Gasteiger partial charge < -0.3 is 10.1 Å². The Morgan fingerprint density at radius 1 is 1.16 bits per heavy atom. The number of nitrogens with zero attached hydrogens (tertiary/aromatic N) is 3. The van der Waals surface area contributed by atoms with Crippen LogP contribution >= 0.6 is 0 Å². The van der Waals surface area contributed by atoms with Crippen molar-refractivity contribution in [3.05, 3.63) is 54.1 Å². The van der Waals surface area contributed by atoms with Gasteiger partial charge in [-0.3, -0.25) is 4.79 Å². The lowest BCUT2D eigenvalue weighted by atomic mass is 10.2. The van der Waals surface area contributed by atoms with Crippen LogP contribution in [-0.2, 0) is 16.1 Å². The number of carbonyl (C=O) groups excluding carboxylic acids is 2. The van der Waals surface area contributed by atoms with Crippen LogP contribution in [0.4, 0.5) is 5.69 Å². The highest BCUT2D eigenvalue weighted by Gasteiger charge is 2.10. The standard InChI is InChI=1S/C18H18N4O3/c1-2-25-18(24)13-6-5-7-14(12-13)19-17(23)10-11-22-16-9-4-3-8-15(16)20-21-22/h3-9,12H,2,10-11H2,1H3,(H,19,23). The van der Waals surface area contributed by atoms with Crippen molar-refractivity contribution in [2.45, 2.75) is 19.9 Å². The lowest BCUT2D eigenvalue weighted by Gasteiger charge is -2.07. The summed E-state index contributed by atoms with van der Waals surface area (Å²) in [5, 5.41) is 10.9. The Hall–Kier alpha value is -3.22. The van der Waals surface area contributed by atoms with Gasteiger partial charge in [-0.1, -0.05) is 23.4 Å². The molecule has 0 aliphatic carbocycles. The van der Waals surface area contributed by atoms with Gasteiger partial charge in [0.05, 0.1) is 24.2 Å². The van der Waals surface area contributed by atoms with E-state index in [0.29, 0.717) is 24.4 Å². The number of esters is 1. The normalized spacial score (nSPS) is 10.6. The zero-order chi connectivity index (χ0) is 17.6. The molecular formula is C18H18N4O3. The molecular weight excluding hydrogens is 320 g/mol. The van der Waals surface area contributed by atoms with Gasteiger partial charge in [-0.15, -0.1) is 5.10 Å². The average molecular weight is 338 g/mol. The quantitative estimate of drug-likeness (QED) is 0.698. The average Bonchev–Trinajstić information content (AvgIpc) is 3.04. The van der Waals surface area contributed by atoms with Gasteiger partial charge in [0.2, 0.25) is 5.91 Å². The van der Waals surface area contributed by atoms with E-state index in [2.05, 4.69) is 15.6 Å². The second-order valence-corrected chi connectivity index (χ2v) is 5.40. The maximum Gasteiger partial charge on any atom is 0.338 e. The molecule has 1 N–H and O–H groups in total. The number of hydrogen-bond donors (Lipinski definition) is 1. The zero-order valence-electron chi connectivity index (χ0n) is 13.8. The van der Waals surface area contributed by atoms with Crippen molar-refractivity contribution in [2.75, 3.05) is 11.9 Å². The van der Waals surface area contributed by atoms with Crippen LogP contribution in [0.1, 0.15) is 23.7 Å². The highest BCUT2D eigenvalue weighted by Crippen LogP contribution is 2.13. The predicted molar refractivity (Wildman–Crippen MR) is 93.2 cm³/mol.